The Balaban J connectivity index is 1.06. The fourth-order valence-corrected chi connectivity index (χ4v) is 4.56. The Hall–Kier alpha value is -4.19. The second-order valence-electron chi connectivity index (χ2n) is 9.56. The first-order valence-electron chi connectivity index (χ1n) is 13.3. The van der Waals surface area contributed by atoms with Gasteiger partial charge in [0.15, 0.2) is 5.82 Å². The summed E-state index contributed by atoms with van der Waals surface area (Å²) in [6, 6.07) is 24.4. The van der Waals surface area contributed by atoms with Crippen LogP contribution in [-0.4, -0.2) is 34.1 Å². The van der Waals surface area contributed by atoms with E-state index in [4.69, 9.17) is 9.47 Å². The Labute approximate surface area is 224 Å². The first-order chi connectivity index (χ1) is 18.7. The van der Waals surface area contributed by atoms with Crippen LogP contribution >= 0.6 is 0 Å². The van der Waals surface area contributed by atoms with Crippen molar-refractivity contribution >= 4 is 6.09 Å². The number of aryl methyl sites for hydroxylation is 2. The van der Waals surface area contributed by atoms with E-state index < -0.39 is 0 Å². The minimum atomic E-state index is -0.269. The number of aromatic nitrogens is 2. The zero-order valence-electron chi connectivity index (χ0n) is 21.8. The predicted octanol–water partition coefficient (Wildman–Crippen LogP) is 6.41. The molecule has 194 valence electrons. The Kier molecular flexibility index (Phi) is 8.29. The molecule has 2 heterocycles. The molecule has 1 aromatic heterocycles. The molecule has 0 aliphatic carbocycles. The summed E-state index contributed by atoms with van der Waals surface area (Å²) in [5.41, 5.74) is 6.82. The molecule has 38 heavy (non-hydrogen) atoms. The monoisotopic (exact) mass is 507 g/mol. The molecule has 6 nitrogen and oxygen atoms in total. The van der Waals surface area contributed by atoms with Crippen LogP contribution in [0.4, 0.5) is 4.79 Å². The molecule has 0 saturated heterocycles. The Morgan fingerprint density at radius 1 is 0.895 bits per heavy atom. The van der Waals surface area contributed by atoms with E-state index in [2.05, 4.69) is 53.3 Å². The molecule has 6 heteroatoms. The van der Waals surface area contributed by atoms with Crippen LogP contribution in [0, 0.1) is 0 Å². The smallest absolute Gasteiger partial charge is 0.410 e. The van der Waals surface area contributed by atoms with Crippen LogP contribution in [0.2, 0.25) is 0 Å². The van der Waals surface area contributed by atoms with Crippen molar-refractivity contribution in [1.82, 2.24) is 14.9 Å². The standard InChI is InChI=1S/C32H33N3O3/c1-2-24-20-33-31(34-21-24)27-12-10-25(11-13-27)9-6-18-37-30-15-14-29-22-35(17-16-28(29)19-30)32(36)38-23-26-7-4-3-5-8-26/h3-5,7-8,10-15,19-21H,2,6,9,16-18,22-23H2,1H3. The van der Waals surface area contributed by atoms with Crippen molar-refractivity contribution in [3.05, 3.63) is 113 Å². The summed E-state index contributed by atoms with van der Waals surface area (Å²) in [5, 5.41) is 0. The number of fused-ring (bicyclic) bond motifs is 1. The number of hydrogen-bond donors (Lipinski definition) is 0. The molecule has 0 spiro atoms. The molecule has 1 aliphatic rings. The van der Waals surface area contributed by atoms with Crippen LogP contribution in [-0.2, 0) is 37.2 Å². The molecule has 0 bridgehead atoms. The molecule has 0 atom stereocenters. The number of rotatable bonds is 9. The molecule has 0 saturated carbocycles. The van der Waals surface area contributed by atoms with Crippen molar-refractivity contribution < 1.29 is 14.3 Å². The van der Waals surface area contributed by atoms with Crippen LogP contribution < -0.4 is 4.74 Å². The fourth-order valence-electron chi connectivity index (χ4n) is 4.56. The normalized spacial score (nSPS) is 12.6. The summed E-state index contributed by atoms with van der Waals surface area (Å²) >= 11 is 0. The molecule has 3 aromatic carbocycles. The van der Waals surface area contributed by atoms with E-state index in [9.17, 15) is 4.79 Å². The van der Waals surface area contributed by atoms with Gasteiger partial charge >= 0.3 is 6.09 Å². The molecule has 4 aromatic rings. The molecular formula is C32H33N3O3. The number of hydrogen-bond acceptors (Lipinski definition) is 5. The third-order valence-corrected chi connectivity index (χ3v) is 6.86. The van der Waals surface area contributed by atoms with Gasteiger partial charge < -0.3 is 14.4 Å². The van der Waals surface area contributed by atoms with E-state index in [1.807, 2.05) is 48.8 Å². The molecule has 0 fully saturated rings. The van der Waals surface area contributed by atoms with Gasteiger partial charge in [-0.25, -0.2) is 14.8 Å². The third-order valence-electron chi connectivity index (χ3n) is 6.86. The maximum Gasteiger partial charge on any atom is 0.410 e. The van der Waals surface area contributed by atoms with Crippen LogP contribution in [0.3, 0.4) is 0 Å². The largest absolute Gasteiger partial charge is 0.494 e. The Morgan fingerprint density at radius 3 is 2.45 bits per heavy atom. The maximum atomic E-state index is 12.5. The molecule has 1 amide bonds. The van der Waals surface area contributed by atoms with Gasteiger partial charge in [0.1, 0.15) is 12.4 Å². The lowest BCUT2D eigenvalue weighted by molar-refractivity contribution is 0.0918. The van der Waals surface area contributed by atoms with E-state index in [1.165, 1.54) is 11.1 Å². The molecular weight excluding hydrogens is 474 g/mol. The van der Waals surface area contributed by atoms with Crippen molar-refractivity contribution in [3.8, 4) is 17.1 Å². The second-order valence-corrected chi connectivity index (χ2v) is 9.56. The van der Waals surface area contributed by atoms with Crippen LogP contribution in [0.25, 0.3) is 11.4 Å². The van der Waals surface area contributed by atoms with Gasteiger partial charge in [-0.05, 0) is 65.6 Å². The average Bonchev–Trinajstić information content (AvgIpc) is 2.98. The van der Waals surface area contributed by atoms with E-state index in [0.29, 0.717) is 26.3 Å². The SMILES string of the molecule is CCc1cnc(-c2ccc(CCCOc3ccc4c(c3)CCN(C(=O)OCc3ccccc3)C4)cc2)nc1. The van der Waals surface area contributed by atoms with Gasteiger partial charge in [-0.1, -0.05) is 67.6 Å². The van der Waals surface area contributed by atoms with E-state index >= 15 is 0 Å². The average molecular weight is 508 g/mol. The first-order valence-corrected chi connectivity index (χ1v) is 13.3. The topological polar surface area (TPSA) is 64.5 Å². The van der Waals surface area contributed by atoms with Crippen molar-refractivity contribution in [2.24, 2.45) is 0 Å². The third kappa shape index (κ3) is 6.57. The lowest BCUT2D eigenvalue weighted by Gasteiger charge is -2.28. The van der Waals surface area contributed by atoms with Gasteiger partial charge in [0, 0.05) is 31.0 Å². The number of ether oxygens (including phenoxy) is 2. The van der Waals surface area contributed by atoms with Gasteiger partial charge in [-0.3, -0.25) is 0 Å². The van der Waals surface area contributed by atoms with E-state index in [1.54, 1.807) is 4.90 Å². The highest BCUT2D eigenvalue weighted by Crippen LogP contribution is 2.25. The highest BCUT2D eigenvalue weighted by molar-refractivity contribution is 5.68. The minimum Gasteiger partial charge on any atom is -0.494 e. The number of carbonyl (C=O) groups excluding carboxylic acids is 1. The lowest BCUT2D eigenvalue weighted by atomic mass is 10.00. The summed E-state index contributed by atoms with van der Waals surface area (Å²) in [5.74, 6) is 1.64. The lowest BCUT2D eigenvalue weighted by Crippen LogP contribution is -2.36. The van der Waals surface area contributed by atoms with E-state index in [-0.39, 0.29) is 6.09 Å². The summed E-state index contributed by atoms with van der Waals surface area (Å²) in [6.45, 7) is 4.26. The second kappa shape index (κ2) is 12.4. The Bertz CT molecular complexity index is 1340. The van der Waals surface area contributed by atoms with Crippen molar-refractivity contribution in [2.75, 3.05) is 13.2 Å². The molecule has 1 aliphatic heterocycles. The minimum absolute atomic E-state index is 0.269. The number of nitrogens with zero attached hydrogens (tertiary/aromatic N) is 3. The van der Waals surface area contributed by atoms with Gasteiger partial charge in [0.05, 0.1) is 6.61 Å². The predicted molar refractivity (Wildman–Crippen MR) is 148 cm³/mol. The maximum absolute atomic E-state index is 12.5. The zero-order chi connectivity index (χ0) is 26.2. The molecule has 0 radical (unpaired) electrons. The van der Waals surface area contributed by atoms with Gasteiger partial charge in [0.2, 0.25) is 0 Å². The number of carbonyl (C=O) groups is 1. The summed E-state index contributed by atoms with van der Waals surface area (Å²) < 4.78 is 11.5. The molecule has 0 N–H and O–H groups in total. The summed E-state index contributed by atoms with van der Waals surface area (Å²) in [4.78, 5) is 23.2. The molecule has 0 unspecified atom stereocenters. The fraction of sp³-hybridized carbons (Fsp3) is 0.281. The zero-order valence-corrected chi connectivity index (χ0v) is 21.8. The number of benzene rings is 3. The summed E-state index contributed by atoms with van der Waals surface area (Å²) in [7, 11) is 0. The van der Waals surface area contributed by atoms with Gasteiger partial charge in [-0.2, -0.15) is 0 Å². The van der Waals surface area contributed by atoms with Crippen molar-refractivity contribution in [1.29, 1.82) is 0 Å². The van der Waals surface area contributed by atoms with Gasteiger partial charge in [0.25, 0.3) is 0 Å². The quantitative estimate of drug-likeness (QED) is 0.245. The van der Waals surface area contributed by atoms with Crippen LogP contribution in [0.15, 0.2) is 85.2 Å². The highest BCUT2D eigenvalue weighted by Gasteiger charge is 2.22. The molecule has 5 rings (SSSR count). The first kappa shape index (κ1) is 25.5. The highest BCUT2D eigenvalue weighted by atomic mass is 16.6. The number of amides is 1. The van der Waals surface area contributed by atoms with E-state index in [0.717, 1.165) is 59.5 Å². The summed E-state index contributed by atoms with van der Waals surface area (Å²) in [6.07, 6.45) is 7.13. The Morgan fingerprint density at radius 2 is 1.68 bits per heavy atom. The van der Waals surface area contributed by atoms with Crippen LogP contribution in [0.1, 0.15) is 41.2 Å². The van der Waals surface area contributed by atoms with Crippen molar-refractivity contribution in [2.45, 2.75) is 45.8 Å². The van der Waals surface area contributed by atoms with Gasteiger partial charge in [-0.15, -0.1) is 0 Å². The van der Waals surface area contributed by atoms with Crippen molar-refractivity contribution in [3.63, 3.8) is 0 Å². The van der Waals surface area contributed by atoms with Crippen LogP contribution in [0.5, 0.6) is 5.75 Å².